The molecular weight excluding hydrogens is 731 g/mol. The first kappa shape index (κ1) is 32.9. The molecule has 0 saturated carbocycles. The van der Waals surface area contributed by atoms with Crippen molar-refractivity contribution in [2.45, 2.75) is 0 Å². The van der Waals surface area contributed by atoms with Crippen LogP contribution in [-0.4, -0.2) is 23.3 Å². The Balaban J connectivity index is 1.15. The van der Waals surface area contributed by atoms with Crippen LogP contribution in [0.5, 0.6) is 0 Å². The zero-order chi connectivity index (χ0) is 39.3. The molecule has 0 atom stereocenters. The fraction of sp³-hybridized carbons (Fsp3) is 0. The van der Waals surface area contributed by atoms with Crippen molar-refractivity contribution < 1.29 is 0 Å². The van der Waals surface area contributed by atoms with Crippen molar-refractivity contribution in [3.05, 3.63) is 212 Å². The highest BCUT2D eigenvalue weighted by Gasteiger charge is 2.23. The Hall–Kier alpha value is -8.15. The molecule has 5 nitrogen and oxygen atoms in total. The summed E-state index contributed by atoms with van der Waals surface area (Å²) < 4.78 is 9.62. The molecule has 0 amide bonds. The number of nitrogens with zero attached hydrogens (tertiary/aromatic N) is 5. The van der Waals surface area contributed by atoms with Crippen molar-refractivity contribution in [2.75, 3.05) is 0 Å². The zero-order valence-corrected chi connectivity index (χ0v) is 32.4. The van der Waals surface area contributed by atoms with Gasteiger partial charge in [0, 0.05) is 54.9 Å². The van der Waals surface area contributed by atoms with Crippen LogP contribution in [0.25, 0.3) is 111 Å². The lowest BCUT2D eigenvalue weighted by molar-refractivity contribution is 1.08. The molecule has 4 aromatic heterocycles. The fourth-order valence-corrected chi connectivity index (χ4v) is 9.84. The molecule has 13 aromatic rings. The molecule has 4 heterocycles. The second kappa shape index (κ2) is 12.7. The van der Waals surface area contributed by atoms with Crippen molar-refractivity contribution in [1.82, 2.24) is 23.3 Å². The number of hydrogen-bond acceptors (Lipinski definition) is 1. The molecule has 0 aliphatic heterocycles. The van der Waals surface area contributed by atoms with Crippen molar-refractivity contribution in [3.8, 4) is 34.1 Å². The summed E-state index contributed by atoms with van der Waals surface area (Å²) in [5.41, 5.74) is 14.5. The topological polar surface area (TPSA) is 32.6 Å². The first-order valence-corrected chi connectivity index (χ1v) is 20.5. The van der Waals surface area contributed by atoms with Gasteiger partial charge in [-0.25, -0.2) is 4.98 Å². The summed E-state index contributed by atoms with van der Waals surface area (Å²) in [6, 6.07) is 76.6. The molecule has 0 aliphatic carbocycles. The lowest BCUT2D eigenvalue weighted by Gasteiger charge is -2.15. The van der Waals surface area contributed by atoms with Crippen LogP contribution in [0.3, 0.4) is 0 Å². The van der Waals surface area contributed by atoms with Gasteiger partial charge in [0.15, 0.2) is 0 Å². The van der Waals surface area contributed by atoms with Gasteiger partial charge in [0.25, 0.3) is 0 Å². The minimum atomic E-state index is 0.910. The van der Waals surface area contributed by atoms with Gasteiger partial charge in [0.2, 0.25) is 0 Å². The lowest BCUT2D eigenvalue weighted by Crippen LogP contribution is -2.02. The number of fused-ring (bicyclic) bond motifs is 10. The molecule has 0 unspecified atom stereocenters. The highest BCUT2D eigenvalue weighted by atomic mass is 15.1. The average molecular weight is 766 g/mol. The van der Waals surface area contributed by atoms with E-state index >= 15 is 0 Å². The van der Waals surface area contributed by atoms with Crippen molar-refractivity contribution in [3.63, 3.8) is 0 Å². The summed E-state index contributed by atoms with van der Waals surface area (Å²) in [6.45, 7) is 0. The van der Waals surface area contributed by atoms with Crippen LogP contribution in [0, 0.1) is 0 Å². The maximum Gasteiger partial charge on any atom is 0.145 e. The monoisotopic (exact) mass is 765 g/mol. The Bertz CT molecular complexity index is 3550. The summed E-state index contributed by atoms with van der Waals surface area (Å²) in [5, 5.41) is 7.36. The van der Waals surface area contributed by atoms with Gasteiger partial charge >= 0.3 is 0 Å². The lowest BCUT2D eigenvalue weighted by atomic mass is 10.1. The fourth-order valence-electron chi connectivity index (χ4n) is 9.84. The van der Waals surface area contributed by atoms with Crippen LogP contribution >= 0.6 is 0 Å². The molecule has 0 aliphatic rings. The average Bonchev–Trinajstić information content (AvgIpc) is 4.06. The molecule has 0 spiro atoms. The Morgan fingerprint density at radius 2 is 0.717 bits per heavy atom. The van der Waals surface area contributed by atoms with Crippen LogP contribution in [-0.2, 0) is 0 Å². The molecule has 13 rings (SSSR count). The first-order chi connectivity index (χ1) is 29.8. The molecule has 0 N–H and O–H groups in total. The SMILES string of the molecule is c1ccc(-c2nc3cccc(-n4c5ccc(-n6c7ccccc7c7ccccc76)cc5c5cc(-n6c7ccccc7c7ccccc76)ccc54)c3n2-c2ccccc2)cc1. The van der Waals surface area contributed by atoms with Gasteiger partial charge in [-0.15, -0.1) is 0 Å². The minimum Gasteiger partial charge on any atom is -0.309 e. The quantitative estimate of drug-likeness (QED) is 0.172. The smallest absolute Gasteiger partial charge is 0.145 e. The number of benzene rings is 9. The van der Waals surface area contributed by atoms with E-state index in [1.807, 2.05) is 0 Å². The Morgan fingerprint density at radius 3 is 1.22 bits per heavy atom. The number of rotatable bonds is 5. The van der Waals surface area contributed by atoms with Crippen LogP contribution in [0.1, 0.15) is 0 Å². The molecule has 0 radical (unpaired) electrons. The van der Waals surface area contributed by atoms with E-state index in [0.717, 1.165) is 56.2 Å². The second-order valence-corrected chi connectivity index (χ2v) is 15.6. The van der Waals surface area contributed by atoms with Crippen LogP contribution in [0.15, 0.2) is 212 Å². The van der Waals surface area contributed by atoms with Crippen molar-refractivity contribution in [2.24, 2.45) is 0 Å². The number of hydrogen-bond donors (Lipinski definition) is 0. The molecule has 280 valence electrons. The summed E-state index contributed by atoms with van der Waals surface area (Å²) in [7, 11) is 0. The van der Waals surface area contributed by atoms with E-state index in [2.05, 4.69) is 231 Å². The van der Waals surface area contributed by atoms with E-state index in [1.165, 1.54) is 54.4 Å². The zero-order valence-electron chi connectivity index (χ0n) is 32.4. The molecule has 5 heteroatoms. The molecule has 0 bridgehead atoms. The third-order valence-corrected chi connectivity index (χ3v) is 12.4. The first-order valence-electron chi connectivity index (χ1n) is 20.5. The molecule has 9 aromatic carbocycles. The Labute approximate surface area is 344 Å². The van der Waals surface area contributed by atoms with E-state index < -0.39 is 0 Å². The van der Waals surface area contributed by atoms with Gasteiger partial charge in [-0.2, -0.15) is 0 Å². The van der Waals surface area contributed by atoms with Gasteiger partial charge in [0.05, 0.1) is 49.8 Å². The van der Waals surface area contributed by atoms with Crippen LogP contribution in [0.4, 0.5) is 0 Å². The highest BCUT2D eigenvalue weighted by molar-refractivity contribution is 6.14. The Morgan fingerprint density at radius 1 is 0.283 bits per heavy atom. The van der Waals surface area contributed by atoms with Gasteiger partial charge in [0.1, 0.15) is 5.82 Å². The van der Waals surface area contributed by atoms with Crippen LogP contribution in [0.2, 0.25) is 0 Å². The third kappa shape index (κ3) is 4.66. The largest absolute Gasteiger partial charge is 0.309 e. The maximum absolute atomic E-state index is 5.34. The van der Waals surface area contributed by atoms with Gasteiger partial charge in [-0.3, -0.25) is 4.57 Å². The third-order valence-electron chi connectivity index (χ3n) is 12.4. The van der Waals surface area contributed by atoms with Crippen molar-refractivity contribution in [1.29, 1.82) is 0 Å². The summed E-state index contributed by atoms with van der Waals surface area (Å²) in [5.74, 6) is 0.910. The summed E-state index contributed by atoms with van der Waals surface area (Å²) >= 11 is 0. The van der Waals surface area contributed by atoms with Gasteiger partial charge < -0.3 is 13.7 Å². The number of aromatic nitrogens is 5. The molecule has 60 heavy (non-hydrogen) atoms. The van der Waals surface area contributed by atoms with Crippen LogP contribution < -0.4 is 0 Å². The maximum atomic E-state index is 5.34. The highest BCUT2D eigenvalue weighted by Crippen LogP contribution is 2.41. The molecular formula is C55H35N5. The predicted molar refractivity (Wildman–Crippen MR) is 250 cm³/mol. The second-order valence-electron chi connectivity index (χ2n) is 15.6. The summed E-state index contributed by atoms with van der Waals surface area (Å²) in [4.78, 5) is 5.34. The predicted octanol–water partition coefficient (Wildman–Crippen LogP) is 14.0. The number of imidazole rings is 1. The van der Waals surface area contributed by atoms with E-state index in [-0.39, 0.29) is 0 Å². The van der Waals surface area contributed by atoms with Crippen molar-refractivity contribution >= 4 is 76.5 Å². The van der Waals surface area contributed by atoms with E-state index in [4.69, 9.17) is 4.98 Å². The van der Waals surface area contributed by atoms with E-state index in [0.29, 0.717) is 0 Å². The molecule has 0 saturated heterocycles. The van der Waals surface area contributed by atoms with Gasteiger partial charge in [-0.1, -0.05) is 127 Å². The number of para-hydroxylation sites is 6. The van der Waals surface area contributed by atoms with E-state index in [1.54, 1.807) is 0 Å². The van der Waals surface area contributed by atoms with Gasteiger partial charge in [-0.05, 0) is 84.9 Å². The minimum absolute atomic E-state index is 0.910. The van der Waals surface area contributed by atoms with E-state index in [9.17, 15) is 0 Å². The Kier molecular flexibility index (Phi) is 6.95. The summed E-state index contributed by atoms with van der Waals surface area (Å²) in [6.07, 6.45) is 0. The standard InChI is InChI=1S/C55H35N5/c1-3-16-36(17-4-1)55-56-46-24-15-29-53(54(46)59(55)37-18-5-2-6-19-37)60-51-32-30-38(57-47-25-11-7-20-40(47)41-21-8-12-26-48(41)57)34-44(51)45-35-39(31-33-52(45)60)58-49-27-13-9-22-42(49)43-23-10-14-28-50(43)58/h1-35H. The molecule has 0 fully saturated rings. The normalized spacial score (nSPS) is 12.0.